The van der Waals surface area contributed by atoms with E-state index in [1.54, 1.807) is 13.2 Å². The van der Waals surface area contributed by atoms with Crippen molar-refractivity contribution < 1.29 is 9.13 Å². The molecule has 0 radical (unpaired) electrons. The Hall–Kier alpha value is -1.12. The normalized spacial score (nSPS) is 26.1. The molecule has 1 saturated carbocycles. The van der Waals surface area contributed by atoms with Crippen molar-refractivity contribution >= 4 is 0 Å². The topological polar surface area (TPSA) is 22.1 Å². The van der Waals surface area contributed by atoms with Gasteiger partial charge in [-0.15, -0.1) is 0 Å². The zero-order valence-corrected chi connectivity index (χ0v) is 13.7. The SMILES string of the molecule is CCC1CCC(c2cc(OC)ncc2F)CC1CC(C)C. The van der Waals surface area contributed by atoms with Gasteiger partial charge in [0.2, 0.25) is 5.88 Å². The lowest BCUT2D eigenvalue weighted by Gasteiger charge is -2.37. The molecule has 0 amide bonds. The van der Waals surface area contributed by atoms with Crippen molar-refractivity contribution in [3.63, 3.8) is 0 Å². The minimum Gasteiger partial charge on any atom is -0.481 e. The van der Waals surface area contributed by atoms with E-state index in [1.165, 1.54) is 25.5 Å². The number of hydrogen-bond donors (Lipinski definition) is 0. The number of pyridine rings is 1. The van der Waals surface area contributed by atoms with E-state index in [1.807, 2.05) is 0 Å². The Balaban J connectivity index is 2.17. The Bertz CT molecular complexity index is 461. The van der Waals surface area contributed by atoms with Crippen LogP contribution in [0.25, 0.3) is 0 Å². The average Bonchev–Trinajstić information content (AvgIpc) is 2.47. The zero-order valence-electron chi connectivity index (χ0n) is 13.7. The lowest BCUT2D eigenvalue weighted by Crippen LogP contribution is -2.25. The lowest BCUT2D eigenvalue weighted by atomic mass is 9.68. The minimum absolute atomic E-state index is 0.181. The quantitative estimate of drug-likeness (QED) is 0.745. The van der Waals surface area contributed by atoms with Crippen molar-refractivity contribution in [3.8, 4) is 5.88 Å². The van der Waals surface area contributed by atoms with Gasteiger partial charge in [-0.3, -0.25) is 0 Å². The Labute approximate surface area is 128 Å². The number of aromatic nitrogens is 1. The third-order valence-electron chi connectivity index (χ3n) is 4.95. The second-order valence-electron chi connectivity index (χ2n) is 6.82. The van der Waals surface area contributed by atoms with Crippen LogP contribution in [0.3, 0.4) is 0 Å². The van der Waals surface area contributed by atoms with Gasteiger partial charge in [-0.25, -0.2) is 9.37 Å². The van der Waals surface area contributed by atoms with E-state index in [0.29, 0.717) is 23.6 Å². The predicted molar refractivity (Wildman–Crippen MR) is 84.1 cm³/mol. The fourth-order valence-electron chi connectivity index (χ4n) is 3.90. The Morgan fingerprint density at radius 1 is 1.33 bits per heavy atom. The highest BCUT2D eigenvalue weighted by molar-refractivity contribution is 5.26. The molecule has 1 aromatic heterocycles. The lowest BCUT2D eigenvalue weighted by molar-refractivity contribution is 0.179. The molecule has 3 atom stereocenters. The van der Waals surface area contributed by atoms with Crippen LogP contribution in [0.2, 0.25) is 0 Å². The molecule has 3 heteroatoms. The van der Waals surface area contributed by atoms with Gasteiger partial charge in [0, 0.05) is 6.07 Å². The maximum atomic E-state index is 14.1. The summed E-state index contributed by atoms with van der Waals surface area (Å²) in [6.45, 7) is 6.85. The molecule has 2 nitrogen and oxygen atoms in total. The maximum absolute atomic E-state index is 14.1. The summed E-state index contributed by atoms with van der Waals surface area (Å²) in [6.07, 6.45) is 7.18. The number of nitrogens with zero attached hydrogens (tertiary/aromatic N) is 1. The van der Waals surface area contributed by atoms with Crippen LogP contribution in [-0.4, -0.2) is 12.1 Å². The molecule has 118 valence electrons. The standard InChI is InChI=1S/C18H28FNO/c1-5-13-6-7-14(9-15(13)8-12(2)3)16-10-18(21-4)20-11-17(16)19/h10-15H,5-9H2,1-4H3. The van der Waals surface area contributed by atoms with E-state index >= 15 is 0 Å². The fourth-order valence-corrected chi connectivity index (χ4v) is 3.90. The number of methoxy groups -OCH3 is 1. The van der Waals surface area contributed by atoms with Gasteiger partial charge < -0.3 is 4.74 Å². The average molecular weight is 293 g/mol. The van der Waals surface area contributed by atoms with Crippen LogP contribution in [0.5, 0.6) is 5.88 Å². The highest BCUT2D eigenvalue weighted by Gasteiger charge is 2.31. The first kappa shape index (κ1) is 16.3. The third kappa shape index (κ3) is 3.96. The Morgan fingerprint density at radius 3 is 2.71 bits per heavy atom. The maximum Gasteiger partial charge on any atom is 0.213 e. The number of halogens is 1. The van der Waals surface area contributed by atoms with Gasteiger partial charge in [-0.05, 0) is 54.9 Å². The first-order valence-electron chi connectivity index (χ1n) is 8.24. The molecular formula is C18H28FNO. The molecule has 0 spiro atoms. The second kappa shape index (κ2) is 7.24. The number of hydrogen-bond acceptors (Lipinski definition) is 2. The van der Waals surface area contributed by atoms with E-state index in [-0.39, 0.29) is 5.82 Å². The second-order valence-corrected chi connectivity index (χ2v) is 6.82. The fraction of sp³-hybridized carbons (Fsp3) is 0.722. The van der Waals surface area contributed by atoms with Crippen LogP contribution in [0, 0.1) is 23.6 Å². The summed E-state index contributed by atoms with van der Waals surface area (Å²) in [6, 6.07) is 1.79. The van der Waals surface area contributed by atoms with E-state index in [0.717, 1.165) is 24.3 Å². The highest BCUT2D eigenvalue weighted by Crippen LogP contribution is 2.44. The monoisotopic (exact) mass is 293 g/mol. The smallest absolute Gasteiger partial charge is 0.213 e. The number of ether oxygens (including phenoxy) is 1. The van der Waals surface area contributed by atoms with Crippen molar-refractivity contribution in [1.82, 2.24) is 4.98 Å². The molecule has 21 heavy (non-hydrogen) atoms. The molecule has 0 aromatic carbocycles. The van der Waals surface area contributed by atoms with E-state index in [4.69, 9.17) is 4.74 Å². The van der Waals surface area contributed by atoms with Crippen LogP contribution >= 0.6 is 0 Å². The highest BCUT2D eigenvalue weighted by atomic mass is 19.1. The molecule has 1 aliphatic rings. The molecular weight excluding hydrogens is 265 g/mol. The molecule has 3 unspecified atom stereocenters. The summed E-state index contributed by atoms with van der Waals surface area (Å²) in [5.74, 6) is 2.87. The molecule has 1 aromatic rings. The van der Waals surface area contributed by atoms with Crippen molar-refractivity contribution in [1.29, 1.82) is 0 Å². The van der Waals surface area contributed by atoms with Gasteiger partial charge in [0.05, 0.1) is 13.3 Å². The van der Waals surface area contributed by atoms with Crippen molar-refractivity contribution in [2.24, 2.45) is 17.8 Å². The summed E-state index contributed by atoms with van der Waals surface area (Å²) < 4.78 is 19.3. The number of rotatable bonds is 5. The Kier molecular flexibility index (Phi) is 5.60. The third-order valence-corrected chi connectivity index (χ3v) is 4.95. The van der Waals surface area contributed by atoms with Gasteiger partial charge in [-0.1, -0.05) is 27.2 Å². The zero-order chi connectivity index (χ0) is 15.4. The van der Waals surface area contributed by atoms with Crippen LogP contribution < -0.4 is 4.74 Å². The first-order valence-corrected chi connectivity index (χ1v) is 8.24. The van der Waals surface area contributed by atoms with Crippen LogP contribution in [-0.2, 0) is 0 Å². The van der Waals surface area contributed by atoms with Crippen LogP contribution in [0.15, 0.2) is 12.3 Å². The van der Waals surface area contributed by atoms with Gasteiger partial charge in [-0.2, -0.15) is 0 Å². The minimum atomic E-state index is -0.181. The molecule has 1 aliphatic carbocycles. The Morgan fingerprint density at radius 2 is 2.10 bits per heavy atom. The van der Waals surface area contributed by atoms with Gasteiger partial charge >= 0.3 is 0 Å². The molecule has 0 saturated heterocycles. The van der Waals surface area contributed by atoms with Crippen LogP contribution in [0.4, 0.5) is 4.39 Å². The molecule has 2 rings (SSSR count). The summed E-state index contributed by atoms with van der Waals surface area (Å²) in [7, 11) is 1.58. The summed E-state index contributed by atoms with van der Waals surface area (Å²) in [4.78, 5) is 3.95. The van der Waals surface area contributed by atoms with E-state index in [9.17, 15) is 4.39 Å². The molecule has 1 heterocycles. The predicted octanol–water partition coefficient (Wildman–Crippen LogP) is 5.19. The van der Waals surface area contributed by atoms with E-state index in [2.05, 4.69) is 25.8 Å². The molecule has 0 bridgehead atoms. The van der Waals surface area contributed by atoms with E-state index < -0.39 is 0 Å². The van der Waals surface area contributed by atoms with Crippen LogP contribution in [0.1, 0.15) is 64.4 Å². The summed E-state index contributed by atoms with van der Waals surface area (Å²) in [5.41, 5.74) is 0.796. The van der Waals surface area contributed by atoms with Gasteiger partial charge in [0.1, 0.15) is 5.82 Å². The molecule has 1 fully saturated rings. The summed E-state index contributed by atoms with van der Waals surface area (Å²) in [5, 5.41) is 0. The first-order chi connectivity index (χ1) is 10.0. The van der Waals surface area contributed by atoms with Gasteiger partial charge in [0.15, 0.2) is 0 Å². The van der Waals surface area contributed by atoms with Gasteiger partial charge in [0.25, 0.3) is 0 Å². The largest absolute Gasteiger partial charge is 0.481 e. The molecule has 0 N–H and O–H groups in total. The summed E-state index contributed by atoms with van der Waals surface area (Å²) >= 11 is 0. The van der Waals surface area contributed by atoms with Crippen molar-refractivity contribution in [2.75, 3.05) is 7.11 Å². The molecule has 0 aliphatic heterocycles. The van der Waals surface area contributed by atoms with Crippen molar-refractivity contribution in [3.05, 3.63) is 23.6 Å². The van der Waals surface area contributed by atoms with Crippen molar-refractivity contribution in [2.45, 2.75) is 58.8 Å².